The van der Waals surface area contributed by atoms with E-state index < -0.39 is 5.91 Å². The zero-order valence-corrected chi connectivity index (χ0v) is 14.2. The molecule has 1 heterocycles. The summed E-state index contributed by atoms with van der Waals surface area (Å²) in [6.45, 7) is 0. The second kappa shape index (κ2) is 7.05. The summed E-state index contributed by atoms with van der Waals surface area (Å²) < 4.78 is 7.12. The van der Waals surface area contributed by atoms with Crippen LogP contribution in [0.3, 0.4) is 0 Å². The first kappa shape index (κ1) is 16.5. The lowest BCUT2D eigenvalue weighted by molar-refractivity contribution is -0.117. The van der Waals surface area contributed by atoms with Crippen molar-refractivity contribution in [3.63, 3.8) is 0 Å². The minimum Gasteiger partial charge on any atom is -0.494 e. The van der Waals surface area contributed by atoms with E-state index in [0.717, 1.165) is 25.1 Å². The van der Waals surface area contributed by atoms with Crippen LogP contribution in [0.15, 0.2) is 30.4 Å². The molecule has 1 aliphatic rings. The molecule has 0 saturated carbocycles. The molecule has 3 rings (SSSR count). The van der Waals surface area contributed by atoms with Crippen molar-refractivity contribution < 1.29 is 9.53 Å². The Balaban J connectivity index is 2.03. The summed E-state index contributed by atoms with van der Waals surface area (Å²) in [6, 6.07) is 5.31. The largest absolute Gasteiger partial charge is 0.494 e. The van der Waals surface area contributed by atoms with Crippen LogP contribution in [-0.4, -0.2) is 27.8 Å². The Morgan fingerprint density at radius 1 is 1.50 bits per heavy atom. The molecule has 0 radical (unpaired) electrons. The summed E-state index contributed by atoms with van der Waals surface area (Å²) in [5.74, 6) is 1.76. The number of benzene rings is 1. The summed E-state index contributed by atoms with van der Waals surface area (Å²) >= 11 is 6.14. The van der Waals surface area contributed by atoms with Crippen LogP contribution in [0.25, 0.3) is 5.69 Å². The second-order valence-electron chi connectivity index (χ2n) is 5.79. The van der Waals surface area contributed by atoms with Gasteiger partial charge in [0.05, 0.1) is 13.5 Å². The predicted octanol–water partition coefficient (Wildman–Crippen LogP) is 2.47. The number of carbonyl (C=O) groups is 1. The average Bonchev–Trinajstić information content (AvgIpc) is 3.17. The first-order chi connectivity index (χ1) is 11.6. The van der Waals surface area contributed by atoms with Gasteiger partial charge in [0.15, 0.2) is 5.82 Å². The number of rotatable bonds is 6. The van der Waals surface area contributed by atoms with Gasteiger partial charge < -0.3 is 10.5 Å². The first-order valence-electron chi connectivity index (χ1n) is 7.80. The standard InChI is InChI=1S/C17H19ClN4O2/c1-24-14-7-6-12(18)9-13(14)22-17(8-11-4-2-3-5-11)20-16(21-22)10-15(19)23/h2,4,6-7,9,11H,3,5,8,10H2,1H3,(H2,19,23). The van der Waals surface area contributed by atoms with Gasteiger partial charge in [-0.1, -0.05) is 23.8 Å². The van der Waals surface area contributed by atoms with E-state index in [4.69, 9.17) is 22.1 Å². The van der Waals surface area contributed by atoms with E-state index in [1.54, 1.807) is 30.0 Å². The van der Waals surface area contributed by atoms with Gasteiger partial charge in [-0.2, -0.15) is 5.10 Å². The topological polar surface area (TPSA) is 83.0 Å². The number of methoxy groups -OCH3 is 1. The number of hydrogen-bond donors (Lipinski definition) is 1. The summed E-state index contributed by atoms with van der Waals surface area (Å²) in [4.78, 5) is 15.7. The van der Waals surface area contributed by atoms with Crippen LogP contribution in [0.1, 0.15) is 24.5 Å². The number of halogens is 1. The number of nitrogens with zero attached hydrogens (tertiary/aromatic N) is 3. The highest BCUT2D eigenvalue weighted by Gasteiger charge is 2.20. The number of ether oxygens (including phenoxy) is 1. The summed E-state index contributed by atoms with van der Waals surface area (Å²) in [5.41, 5.74) is 5.98. The van der Waals surface area contributed by atoms with Crippen molar-refractivity contribution in [2.75, 3.05) is 7.11 Å². The third-order valence-electron chi connectivity index (χ3n) is 3.98. The van der Waals surface area contributed by atoms with Crippen molar-refractivity contribution in [1.29, 1.82) is 0 Å². The molecule has 1 unspecified atom stereocenters. The number of carbonyl (C=O) groups excluding carboxylic acids is 1. The maximum atomic E-state index is 11.2. The lowest BCUT2D eigenvalue weighted by atomic mass is 10.1. The van der Waals surface area contributed by atoms with Crippen molar-refractivity contribution in [3.05, 3.63) is 47.0 Å². The normalized spacial score (nSPS) is 16.5. The maximum absolute atomic E-state index is 11.2. The Morgan fingerprint density at radius 3 is 3.00 bits per heavy atom. The van der Waals surface area contributed by atoms with Gasteiger partial charge in [-0.15, -0.1) is 0 Å². The van der Waals surface area contributed by atoms with Crippen molar-refractivity contribution in [2.45, 2.75) is 25.7 Å². The van der Waals surface area contributed by atoms with Gasteiger partial charge >= 0.3 is 0 Å². The zero-order chi connectivity index (χ0) is 17.1. The van der Waals surface area contributed by atoms with E-state index in [-0.39, 0.29) is 6.42 Å². The van der Waals surface area contributed by atoms with Crippen molar-refractivity contribution in [2.24, 2.45) is 11.7 Å². The molecular formula is C17H19ClN4O2. The molecule has 1 aromatic carbocycles. The predicted molar refractivity (Wildman–Crippen MR) is 91.4 cm³/mol. The molecule has 1 aliphatic carbocycles. The zero-order valence-electron chi connectivity index (χ0n) is 13.4. The number of aromatic nitrogens is 3. The Kier molecular flexibility index (Phi) is 4.85. The SMILES string of the molecule is COc1ccc(Cl)cc1-n1nc(CC(N)=O)nc1CC1C=CCC1. The fraction of sp³-hybridized carbons (Fsp3) is 0.353. The molecule has 0 aliphatic heterocycles. The van der Waals surface area contributed by atoms with Gasteiger partial charge in [0, 0.05) is 11.4 Å². The molecule has 0 bridgehead atoms. The van der Waals surface area contributed by atoms with E-state index in [9.17, 15) is 4.79 Å². The van der Waals surface area contributed by atoms with Crippen molar-refractivity contribution in [3.8, 4) is 11.4 Å². The average molecular weight is 347 g/mol. The van der Waals surface area contributed by atoms with E-state index >= 15 is 0 Å². The minimum absolute atomic E-state index is 0.00336. The molecule has 0 fully saturated rings. The first-order valence-corrected chi connectivity index (χ1v) is 8.18. The highest BCUT2D eigenvalue weighted by atomic mass is 35.5. The smallest absolute Gasteiger partial charge is 0.225 e. The van der Waals surface area contributed by atoms with Crippen LogP contribution in [0.4, 0.5) is 0 Å². The number of primary amides is 1. The molecule has 1 atom stereocenters. The van der Waals surface area contributed by atoms with Gasteiger partial charge in [-0.05, 0) is 37.0 Å². The maximum Gasteiger partial charge on any atom is 0.225 e. The van der Waals surface area contributed by atoms with Crippen LogP contribution in [-0.2, 0) is 17.6 Å². The fourth-order valence-electron chi connectivity index (χ4n) is 2.88. The summed E-state index contributed by atoms with van der Waals surface area (Å²) in [6.07, 6.45) is 7.27. The second-order valence-corrected chi connectivity index (χ2v) is 6.22. The van der Waals surface area contributed by atoms with Gasteiger partial charge in [-0.25, -0.2) is 9.67 Å². The van der Waals surface area contributed by atoms with Gasteiger partial charge in [0.1, 0.15) is 17.3 Å². The van der Waals surface area contributed by atoms with Crippen LogP contribution in [0, 0.1) is 5.92 Å². The Labute approximate surface area is 145 Å². The number of allylic oxidation sites excluding steroid dienone is 2. The minimum atomic E-state index is -0.461. The summed E-state index contributed by atoms with van der Waals surface area (Å²) in [5, 5.41) is 5.03. The molecule has 126 valence electrons. The highest BCUT2D eigenvalue weighted by molar-refractivity contribution is 6.30. The third-order valence-corrected chi connectivity index (χ3v) is 4.21. The van der Waals surface area contributed by atoms with Crippen LogP contribution >= 0.6 is 11.6 Å². The molecule has 6 nitrogen and oxygen atoms in total. The number of amides is 1. The van der Waals surface area contributed by atoms with Crippen molar-refractivity contribution in [1.82, 2.24) is 14.8 Å². The van der Waals surface area contributed by atoms with Crippen LogP contribution < -0.4 is 10.5 Å². The number of nitrogens with two attached hydrogens (primary N) is 1. The summed E-state index contributed by atoms with van der Waals surface area (Å²) in [7, 11) is 1.59. The molecule has 24 heavy (non-hydrogen) atoms. The van der Waals surface area contributed by atoms with E-state index in [1.807, 2.05) is 0 Å². The quantitative estimate of drug-likeness (QED) is 0.814. The van der Waals surface area contributed by atoms with Crippen LogP contribution in [0.2, 0.25) is 5.02 Å². The molecule has 0 spiro atoms. The van der Waals surface area contributed by atoms with Gasteiger partial charge in [0.25, 0.3) is 0 Å². The molecule has 1 aromatic heterocycles. The molecular weight excluding hydrogens is 328 g/mol. The fourth-order valence-corrected chi connectivity index (χ4v) is 3.04. The highest BCUT2D eigenvalue weighted by Crippen LogP contribution is 2.28. The lowest BCUT2D eigenvalue weighted by Crippen LogP contribution is -2.14. The Bertz CT molecular complexity index is 785. The van der Waals surface area contributed by atoms with Gasteiger partial charge in [-0.3, -0.25) is 4.79 Å². The third kappa shape index (κ3) is 3.59. The molecule has 7 heteroatoms. The number of hydrogen-bond acceptors (Lipinski definition) is 4. The monoisotopic (exact) mass is 346 g/mol. The van der Waals surface area contributed by atoms with E-state index in [0.29, 0.717) is 28.2 Å². The van der Waals surface area contributed by atoms with Gasteiger partial charge in [0.2, 0.25) is 5.91 Å². The molecule has 1 amide bonds. The molecule has 2 aromatic rings. The molecule has 0 saturated heterocycles. The van der Waals surface area contributed by atoms with Crippen LogP contribution in [0.5, 0.6) is 5.75 Å². The molecule has 2 N–H and O–H groups in total. The van der Waals surface area contributed by atoms with E-state index in [1.165, 1.54) is 0 Å². The Hall–Kier alpha value is -2.34. The van der Waals surface area contributed by atoms with Crippen molar-refractivity contribution >= 4 is 17.5 Å². The Morgan fingerprint density at radius 2 is 2.33 bits per heavy atom. The lowest BCUT2D eigenvalue weighted by Gasteiger charge is -2.12. The van der Waals surface area contributed by atoms with E-state index in [2.05, 4.69) is 22.2 Å².